The van der Waals surface area contributed by atoms with E-state index in [0.29, 0.717) is 22.5 Å². The van der Waals surface area contributed by atoms with E-state index in [1.54, 1.807) is 19.1 Å². The number of carboxylic acids is 1. The minimum atomic E-state index is -0.956. The molecule has 0 aliphatic carbocycles. The maximum atomic E-state index is 13.7. The molecule has 0 spiro atoms. The molecule has 2 N–H and O–H groups in total. The Hall–Kier alpha value is -1.69. The lowest BCUT2D eigenvalue weighted by Gasteiger charge is -2.02. The van der Waals surface area contributed by atoms with Crippen molar-refractivity contribution in [3.05, 3.63) is 39.7 Å². The predicted molar refractivity (Wildman–Crippen MR) is 67.8 cm³/mol. The molecule has 2 aromatic rings. The Labute approximate surface area is 111 Å². The monoisotopic (exact) mass is 312 g/mol. The van der Waals surface area contributed by atoms with Gasteiger partial charge in [-0.1, -0.05) is 15.9 Å². The summed E-state index contributed by atoms with van der Waals surface area (Å²) in [4.78, 5) is 10.7. The summed E-state index contributed by atoms with van der Waals surface area (Å²) in [5.41, 5.74) is 1.91. The van der Waals surface area contributed by atoms with Crippen LogP contribution in [0, 0.1) is 12.7 Å². The predicted octanol–water partition coefficient (Wildman–Crippen LogP) is 2.91. The molecule has 0 amide bonds. The lowest BCUT2D eigenvalue weighted by atomic mass is 10.1. The number of aromatic nitrogens is 2. The van der Waals surface area contributed by atoms with E-state index in [4.69, 9.17) is 5.11 Å². The molecule has 0 saturated heterocycles. The molecular formula is C12H10BrFN2O2. The van der Waals surface area contributed by atoms with E-state index in [1.807, 2.05) is 0 Å². The van der Waals surface area contributed by atoms with Crippen LogP contribution in [0.25, 0.3) is 11.3 Å². The van der Waals surface area contributed by atoms with Crippen molar-refractivity contribution < 1.29 is 14.3 Å². The average Bonchev–Trinajstić information content (AvgIpc) is 2.64. The molecule has 4 nitrogen and oxygen atoms in total. The van der Waals surface area contributed by atoms with Crippen LogP contribution < -0.4 is 0 Å². The lowest BCUT2D eigenvalue weighted by Crippen LogP contribution is -2.01. The number of nitrogens with zero attached hydrogens (tertiary/aromatic N) is 1. The van der Waals surface area contributed by atoms with Gasteiger partial charge in [0, 0.05) is 15.7 Å². The van der Waals surface area contributed by atoms with Crippen LogP contribution in [0.4, 0.5) is 4.39 Å². The van der Waals surface area contributed by atoms with Crippen molar-refractivity contribution in [1.29, 1.82) is 0 Å². The zero-order valence-corrected chi connectivity index (χ0v) is 11.1. The van der Waals surface area contributed by atoms with Gasteiger partial charge < -0.3 is 5.11 Å². The second-order valence-corrected chi connectivity index (χ2v) is 4.79. The van der Waals surface area contributed by atoms with Gasteiger partial charge in [-0.25, -0.2) is 4.39 Å². The minimum Gasteiger partial charge on any atom is -0.481 e. The van der Waals surface area contributed by atoms with Crippen molar-refractivity contribution >= 4 is 21.9 Å². The van der Waals surface area contributed by atoms with Gasteiger partial charge in [-0.3, -0.25) is 9.89 Å². The number of rotatable bonds is 3. The van der Waals surface area contributed by atoms with E-state index in [0.717, 1.165) is 4.47 Å². The van der Waals surface area contributed by atoms with Crippen LogP contribution in [0.3, 0.4) is 0 Å². The van der Waals surface area contributed by atoms with Crippen molar-refractivity contribution in [3.63, 3.8) is 0 Å². The fourth-order valence-electron chi connectivity index (χ4n) is 1.70. The summed E-state index contributed by atoms with van der Waals surface area (Å²) in [6, 6.07) is 4.55. The molecule has 6 heteroatoms. The highest BCUT2D eigenvalue weighted by Gasteiger charge is 2.16. The van der Waals surface area contributed by atoms with Crippen LogP contribution in [0.2, 0.25) is 0 Å². The second-order valence-electron chi connectivity index (χ2n) is 3.87. The molecule has 94 valence electrons. The normalized spacial score (nSPS) is 10.6. The van der Waals surface area contributed by atoms with Crippen LogP contribution in [0.15, 0.2) is 22.7 Å². The van der Waals surface area contributed by atoms with Crippen molar-refractivity contribution in [2.45, 2.75) is 13.3 Å². The molecule has 1 aromatic heterocycles. The minimum absolute atomic E-state index is 0.158. The lowest BCUT2D eigenvalue weighted by molar-refractivity contribution is -0.136. The zero-order valence-electron chi connectivity index (χ0n) is 9.50. The summed E-state index contributed by atoms with van der Waals surface area (Å²) in [6.07, 6.45) is -0.158. The standard InChI is InChI=1S/C12H10BrFN2O2/c1-6-10(5-11(17)18)15-16-12(6)8-4-7(13)2-3-9(8)14/h2-4H,5H2,1H3,(H,15,16)(H,17,18). The van der Waals surface area contributed by atoms with Crippen molar-refractivity contribution in [2.75, 3.05) is 0 Å². The van der Waals surface area contributed by atoms with Gasteiger partial charge in [-0.15, -0.1) is 0 Å². The molecule has 0 bridgehead atoms. The van der Waals surface area contributed by atoms with Crippen LogP contribution in [0.1, 0.15) is 11.3 Å². The number of H-pyrrole nitrogens is 1. The third-order valence-corrected chi connectivity index (χ3v) is 3.12. The van der Waals surface area contributed by atoms with E-state index in [2.05, 4.69) is 26.1 Å². The number of carboxylic acid groups (broad SMARTS) is 1. The summed E-state index contributed by atoms with van der Waals surface area (Å²) in [6.45, 7) is 1.72. The highest BCUT2D eigenvalue weighted by atomic mass is 79.9. The Morgan fingerprint density at radius 1 is 1.56 bits per heavy atom. The highest BCUT2D eigenvalue weighted by Crippen LogP contribution is 2.28. The molecule has 18 heavy (non-hydrogen) atoms. The quantitative estimate of drug-likeness (QED) is 0.915. The first-order valence-corrected chi connectivity index (χ1v) is 5.99. The van der Waals surface area contributed by atoms with Crippen molar-refractivity contribution in [2.24, 2.45) is 0 Å². The molecule has 0 fully saturated rings. The summed E-state index contributed by atoms with van der Waals surface area (Å²) in [7, 11) is 0. The largest absolute Gasteiger partial charge is 0.481 e. The van der Waals surface area contributed by atoms with Crippen molar-refractivity contribution in [1.82, 2.24) is 10.2 Å². The highest BCUT2D eigenvalue weighted by molar-refractivity contribution is 9.10. The molecule has 0 radical (unpaired) electrons. The number of carbonyl (C=O) groups is 1. The summed E-state index contributed by atoms with van der Waals surface area (Å²) in [5.74, 6) is -1.35. The van der Waals surface area contributed by atoms with E-state index in [9.17, 15) is 9.18 Å². The maximum absolute atomic E-state index is 13.7. The summed E-state index contributed by atoms with van der Waals surface area (Å²) < 4.78 is 14.5. The number of hydrogen-bond donors (Lipinski definition) is 2. The fourth-order valence-corrected chi connectivity index (χ4v) is 2.06. The Kier molecular flexibility index (Phi) is 3.47. The fraction of sp³-hybridized carbons (Fsp3) is 0.167. The number of benzene rings is 1. The zero-order chi connectivity index (χ0) is 13.3. The Balaban J connectivity index is 2.48. The first-order valence-electron chi connectivity index (χ1n) is 5.20. The first kappa shape index (κ1) is 12.8. The summed E-state index contributed by atoms with van der Waals surface area (Å²) >= 11 is 3.27. The van der Waals surface area contributed by atoms with E-state index >= 15 is 0 Å². The molecule has 0 saturated carbocycles. The molecule has 2 rings (SSSR count). The SMILES string of the molecule is Cc1c(-c2cc(Br)ccc2F)n[nH]c1CC(=O)O. The topological polar surface area (TPSA) is 66.0 Å². The van der Waals surface area contributed by atoms with Crippen LogP contribution in [-0.2, 0) is 11.2 Å². The third kappa shape index (κ3) is 2.43. The molecular weight excluding hydrogens is 303 g/mol. The molecule has 1 aromatic carbocycles. The van der Waals surface area contributed by atoms with E-state index in [-0.39, 0.29) is 6.42 Å². The molecule has 0 aliphatic heterocycles. The number of halogens is 2. The number of aromatic amines is 1. The van der Waals surface area contributed by atoms with Crippen LogP contribution >= 0.6 is 15.9 Å². The van der Waals surface area contributed by atoms with Gasteiger partial charge in [0.05, 0.1) is 12.1 Å². The number of nitrogens with one attached hydrogen (secondary N) is 1. The van der Waals surface area contributed by atoms with Gasteiger partial charge in [0.2, 0.25) is 0 Å². The molecule has 0 atom stereocenters. The molecule has 0 unspecified atom stereocenters. The van der Waals surface area contributed by atoms with Gasteiger partial charge in [0.25, 0.3) is 0 Å². The van der Waals surface area contributed by atoms with Crippen LogP contribution in [0.5, 0.6) is 0 Å². The van der Waals surface area contributed by atoms with Gasteiger partial charge in [0.1, 0.15) is 5.82 Å². The Morgan fingerprint density at radius 2 is 2.28 bits per heavy atom. The molecule has 1 heterocycles. The third-order valence-electron chi connectivity index (χ3n) is 2.62. The second kappa shape index (κ2) is 4.89. The smallest absolute Gasteiger partial charge is 0.309 e. The van der Waals surface area contributed by atoms with Crippen molar-refractivity contribution in [3.8, 4) is 11.3 Å². The van der Waals surface area contributed by atoms with Crippen LogP contribution in [-0.4, -0.2) is 21.3 Å². The number of hydrogen-bond acceptors (Lipinski definition) is 2. The Bertz CT molecular complexity index is 610. The Morgan fingerprint density at radius 3 is 2.94 bits per heavy atom. The van der Waals surface area contributed by atoms with Gasteiger partial charge in [-0.05, 0) is 30.7 Å². The van der Waals surface area contributed by atoms with Gasteiger partial charge in [0.15, 0.2) is 0 Å². The van der Waals surface area contributed by atoms with E-state index < -0.39 is 11.8 Å². The average molecular weight is 313 g/mol. The number of aliphatic carboxylic acids is 1. The maximum Gasteiger partial charge on any atom is 0.309 e. The van der Waals surface area contributed by atoms with Gasteiger partial charge in [-0.2, -0.15) is 5.10 Å². The summed E-state index contributed by atoms with van der Waals surface area (Å²) in [5, 5.41) is 15.4. The van der Waals surface area contributed by atoms with E-state index in [1.165, 1.54) is 6.07 Å². The van der Waals surface area contributed by atoms with Gasteiger partial charge >= 0.3 is 5.97 Å². The first-order chi connectivity index (χ1) is 8.49. The molecule has 0 aliphatic rings.